The average molecular weight is 317 g/mol. The van der Waals surface area contributed by atoms with E-state index in [1.807, 2.05) is 12.1 Å². The van der Waals surface area contributed by atoms with E-state index in [-0.39, 0.29) is 17.6 Å². The highest BCUT2D eigenvalue weighted by molar-refractivity contribution is 5.81. The van der Waals surface area contributed by atoms with Gasteiger partial charge in [0.05, 0.1) is 7.11 Å². The van der Waals surface area contributed by atoms with E-state index in [0.29, 0.717) is 17.9 Å². The molecule has 0 saturated carbocycles. The summed E-state index contributed by atoms with van der Waals surface area (Å²) in [4.78, 5) is 14.2. The zero-order chi connectivity index (χ0) is 16.4. The summed E-state index contributed by atoms with van der Waals surface area (Å²) in [6.45, 7) is 4.80. The maximum absolute atomic E-state index is 11.9. The van der Waals surface area contributed by atoms with Gasteiger partial charge in [0.1, 0.15) is 11.3 Å². The third-order valence-electron chi connectivity index (χ3n) is 4.67. The van der Waals surface area contributed by atoms with Crippen molar-refractivity contribution in [3.8, 4) is 5.75 Å². The number of piperidine rings is 1. The zero-order valence-corrected chi connectivity index (χ0v) is 13.7. The van der Waals surface area contributed by atoms with Gasteiger partial charge in [-0.1, -0.05) is 6.92 Å². The van der Waals surface area contributed by atoms with E-state index in [9.17, 15) is 9.90 Å². The quantitative estimate of drug-likeness (QED) is 0.877. The number of fused-ring (bicyclic) bond motifs is 1. The van der Waals surface area contributed by atoms with Crippen LogP contribution in [0, 0.1) is 5.41 Å². The Morgan fingerprint density at radius 3 is 2.96 bits per heavy atom. The van der Waals surface area contributed by atoms with Gasteiger partial charge in [0, 0.05) is 42.6 Å². The highest BCUT2D eigenvalue weighted by Crippen LogP contribution is 2.30. The first-order valence-electron chi connectivity index (χ1n) is 7.97. The Kier molecular flexibility index (Phi) is 4.41. The molecular formula is C18H23NO4. The largest absolute Gasteiger partial charge is 0.497 e. The Bertz CT molecular complexity index is 754. The summed E-state index contributed by atoms with van der Waals surface area (Å²) in [7, 11) is 1.59. The van der Waals surface area contributed by atoms with Crippen LogP contribution in [0.15, 0.2) is 33.5 Å². The van der Waals surface area contributed by atoms with Crippen LogP contribution < -0.4 is 10.4 Å². The van der Waals surface area contributed by atoms with E-state index in [0.717, 1.165) is 36.9 Å². The Morgan fingerprint density at radius 2 is 2.22 bits per heavy atom. The number of hydrogen-bond donors (Lipinski definition) is 1. The second kappa shape index (κ2) is 6.34. The SMILES string of the molecule is COc1ccc2c(CN3CCCC(C)(CO)C3)cc(=O)oc2c1. The van der Waals surface area contributed by atoms with Crippen molar-refractivity contribution in [2.45, 2.75) is 26.3 Å². The fourth-order valence-corrected chi connectivity index (χ4v) is 3.40. The summed E-state index contributed by atoms with van der Waals surface area (Å²) in [5, 5.41) is 10.5. The minimum Gasteiger partial charge on any atom is -0.497 e. The zero-order valence-electron chi connectivity index (χ0n) is 13.7. The Labute approximate surface area is 135 Å². The summed E-state index contributed by atoms with van der Waals surface area (Å²) in [5.41, 5.74) is 1.11. The maximum Gasteiger partial charge on any atom is 0.336 e. The lowest BCUT2D eigenvalue weighted by molar-refractivity contribution is 0.0430. The highest BCUT2D eigenvalue weighted by atomic mass is 16.5. The van der Waals surface area contributed by atoms with Crippen molar-refractivity contribution in [1.29, 1.82) is 0 Å². The van der Waals surface area contributed by atoms with E-state index < -0.39 is 0 Å². The van der Waals surface area contributed by atoms with Crippen LogP contribution in [0.2, 0.25) is 0 Å². The van der Waals surface area contributed by atoms with Gasteiger partial charge in [-0.05, 0) is 37.1 Å². The average Bonchev–Trinajstić information content (AvgIpc) is 2.54. The molecule has 2 heterocycles. The van der Waals surface area contributed by atoms with Gasteiger partial charge in [-0.3, -0.25) is 4.90 Å². The standard InChI is InChI=1S/C18H23NO4/c1-18(12-20)6-3-7-19(11-18)10-13-8-17(21)23-16-9-14(22-2)4-5-15(13)16/h4-5,8-9,20H,3,6-7,10-12H2,1-2H3. The lowest BCUT2D eigenvalue weighted by Crippen LogP contribution is -2.43. The van der Waals surface area contributed by atoms with Crippen molar-refractivity contribution < 1.29 is 14.3 Å². The van der Waals surface area contributed by atoms with Gasteiger partial charge in [-0.25, -0.2) is 4.79 Å². The number of methoxy groups -OCH3 is 1. The molecule has 1 fully saturated rings. The van der Waals surface area contributed by atoms with Crippen LogP contribution in [-0.4, -0.2) is 36.8 Å². The molecule has 124 valence electrons. The number of hydrogen-bond acceptors (Lipinski definition) is 5. The summed E-state index contributed by atoms with van der Waals surface area (Å²) >= 11 is 0. The van der Waals surface area contributed by atoms with Crippen molar-refractivity contribution in [2.75, 3.05) is 26.8 Å². The van der Waals surface area contributed by atoms with E-state index in [2.05, 4.69) is 11.8 Å². The Morgan fingerprint density at radius 1 is 1.39 bits per heavy atom. The molecule has 1 aromatic carbocycles. The molecule has 23 heavy (non-hydrogen) atoms. The molecule has 1 aliphatic rings. The molecule has 1 atom stereocenters. The number of rotatable bonds is 4. The van der Waals surface area contributed by atoms with Gasteiger partial charge < -0.3 is 14.3 Å². The lowest BCUT2D eigenvalue weighted by Gasteiger charge is -2.39. The lowest BCUT2D eigenvalue weighted by atomic mass is 9.82. The number of benzene rings is 1. The van der Waals surface area contributed by atoms with Crippen LogP contribution in [0.1, 0.15) is 25.3 Å². The van der Waals surface area contributed by atoms with Gasteiger partial charge in [0.15, 0.2) is 0 Å². The van der Waals surface area contributed by atoms with Gasteiger partial charge in [-0.2, -0.15) is 0 Å². The van der Waals surface area contributed by atoms with Crippen LogP contribution in [0.25, 0.3) is 11.0 Å². The second-order valence-electron chi connectivity index (χ2n) is 6.74. The first-order chi connectivity index (χ1) is 11.0. The fraction of sp³-hybridized carbons (Fsp3) is 0.500. The van der Waals surface area contributed by atoms with Gasteiger partial charge in [-0.15, -0.1) is 0 Å². The minimum absolute atomic E-state index is 0.0588. The first-order valence-corrected chi connectivity index (χ1v) is 7.97. The topological polar surface area (TPSA) is 62.9 Å². The molecule has 0 bridgehead atoms. The van der Waals surface area contributed by atoms with Gasteiger partial charge in [0.2, 0.25) is 0 Å². The molecule has 1 aromatic heterocycles. The molecule has 1 aliphatic heterocycles. The molecule has 0 spiro atoms. The van der Waals surface area contributed by atoms with E-state index in [1.54, 1.807) is 19.2 Å². The first kappa shape index (κ1) is 16.0. The molecule has 1 unspecified atom stereocenters. The molecule has 5 nitrogen and oxygen atoms in total. The Hall–Kier alpha value is -1.85. The van der Waals surface area contributed by atoms with E-state index in [1.165, 1.54) is 0 Å². The van der Waals surface area contributed by atoms with Crippen LogP contribution in [0.4, 0.5) is 0 Å². The van der Waals surface area contributed by atoms with Crippen LogP contribution >= 0.6 is 0 Å². The van der Waals surface area contributed by atoms with Gasteiger partial charge >= 0.3 is 5.63 Å². The number of aliphatic hydroxyl groups excluding tert-OH is 1. The van der Waals surface area contributed by atoms with Crippen molar-refractivity contribution in [3.63, 3.8) is 0 Å². The van der Waals surface area contributed by atoms with Crippen LogP contribution in [-0.2, 0) is 6.54 Å². The molecule has 1 saturated heterocycles. The molecule has 0 radical (unpaired) electrons. The number of likely N-dealkylation sites (tertiary alicyclic amines) is 1. The molecule has 3 rings (SSSR count). The minimum atomic E-state index is -0.345. The fourth-order valence-electron chi connectivity index (χ4n) is 3.40. The summed E-state index contributed by atoms with van der Waals surface area (Å²) in [5.74, 6) is 0.670. The molecule has 2 aromatic rings. The molecular weight excluding hydrogens is 294 g/mol. The smallest absolute Gasteiger partial charge is 0.336 e. The predicted molar refractivity (Wildman–Crippen MR) is 88.7 cm³/mol. The molecule has 5 heteroatoms. The van der Waals surface area contributed by atoms with E-state index in [4.69, 9.17) is 9.15 Å². The number of aliphatic hydroxyl groups is 1. The number of ether oxygens (including phenoxy) is 1. The maximum atomic E-state index is 11.9. The van der Waals surface area contributed by atoms with Crippen molar-refractivity contribution in [2.24, 2.45) is 5.41 Å². The molecule has 0 aliphatic carbocycles. The Balaban J connectivity index is 1.92. The normalized spacial score (nSPS) is 22.4. The van der Waals surface area contributed by atoms with Crippen molar-refractivity contribution in [3.05, 3.63) is 40.2 Å². The third kappa shape index (κ3) is 3.41. The summed E-state index contributed by atoms with van der Waals surface area (Å²) < 4.78 is 10.5. The van der Waals surface area contributed by atoms with Crippen LogP contribution in [0.3, 0.4) is 0 Å². The predicted octanol–water partition coefficient (Wildman–Crippen LogP) is 2.40. The monoisotopic (exact) mass is 317 g/mol. The third-order valence-corrected chi connectivity index (χ3v) is 4.67. The summed E-state index contributed by atoms with van der Waals surface area (Å²) in [6.07, 6.45) is 2.10. The van der Waals surface area contributed by atoms with Crippen molar-refractivity contribution >= 4 is 11.0 Å². The molecule has 1 N–H and O–H groups in total. The second-order valence-corrected chi connectivity index (χ2v) is 6.74. The number of nitrogens with zero attached hydrogens (tertiary/aromatic N) is 1. The van der Waals surface area contributed by atoms with Crippen LogP contribution in [0.5, 0.6) is 5.75 Å². The highest BCUT2D eigenvalue weighted by Gasteiger charge is 2.30. The summed E-state index contributed by atoms with van der Waals surface area (Å²) in [6, 6.07) is 7.12. The molecule has 0 amide bonds. The van der Waals surface area contributed by atoms with E-state index >= 15 is 0 Å². The van der Waals surface area contributed by atoms with Crippen molar-refractivity contribution in [1.82, 2.24) is 4.90 Å². The van der Waals surface area contributed by atoms with Gasteiger partial charge in [0.25, 0.3) is 0 Å².